The number of hydrogen-bond donors (Lipinski definition) is 1. The van der Waals surface area contributed by atoms with Gasteiger partial charge >= 0.3 is 0 Å². The Kier molecular flexibility index (Phi) is 6.66. The molecule has 3 heterocycles. The van der Waals surface area contributed by atoms with Crippen molar-refractivity contribution >= 4 is 27.0 Å². The lowest BCUT2D eigenvalue weighted by atomic mass is 9.97. The lowest BCUT2D eigenvalue weighted by molar-refractivity contribution is -0.121. The standard InChI is InChI=1S/C20H31N5O4S/c1-13-16(14(2)22-19-18(13)20(29-4)23-24(19)3)6-7-17(26)21-12-15-8-10-25(11-9-15)30(5,27)28/h15H,6-12H2,1-5H3,(H,21,26). The summed E-state index contributed by atoms with van der Waals surface area (Å²) >= 11 is 0. The Balaban J connectivity index is 1.57. The Morgan fingerprint density at radius 2 is 1.93 bits per heavy atom. The van der Waals surface area contributed by atoms with Crippen molar-refractivity contribution < 1.29 is 17.9 Å². The van der Waals surface area contributed by atoms with Crippen molar-refractivity contribution in [1.29, 1.82) is 0 Å². The number of methoxy groups -OCH3 is 1. The molecule has 3 rings (SSSR count). The minimum Gasteiger partial charge on any atom is -0.479 e. The van der Waals surface area contributed by atoms with Gasteiger partial charge in [0.1, 0.15) is 0 Å². The fourth-order valence-electron chi connectivity index (χ4n) is 4.14. The van der Waals surface area contributed by atoms with Gasteiger partial charge in [0.25, 0.3) is 0 Å². The van der Waals surface area contributed by atoms with Crippen molar-refractivity contribution in [3.05, 3.63) is 16.8 Å². The molecule has 0 spiro atoms. The van der Waals surface area contributed by atoms with E-state index in [1.165, 1.54) is 10.6 Å². The molecule has 0 radical (unpaired) electrons. The number of carbonyl (C=O) groups excluding carboxylic acids is 1. The molecule has 2 aromatic rings. The highest BCUT2D eigenvalue weighted by Gasteiger charge is 2.25. The molecule has 1 fully saturated rings. The summed E-state index contributed by atoms with van der Waals surface area (Å²) in [6.07, 6.45) is 3.75. The maximum atomic E-state index is 12.4. The van der Waals surface area contributed by atoms with Crippen LogP contribution >= 0.6 is 0 Å². The predicted molar refractivity (Wildman–Crippen MR) is 115 cm³/mol. The maximum Gasteiger partial charge on any atom is 0.242 e. The molecule has 0 saturated carbocycles. The quantitative estimate of drug-likeness (QED) is 0.700. The van der Waals surface area contributed by atoms with Gasteiger partial charge in [-0.15, -0.1) is 5.10 Å². The molecule has 1 N–H and O–H groups in total. The zero-order valence-electron chi connectivity index (χ0n) is 18.4. The number of pyridine rings is 1. The van der Waals surface area contributed by atoms with E-state index in [0.29, 0.717) is 44.3 Å². The van der Waals surface area contributed by atoms with Crippen LogP contribution in [0, 0.1) is 19.8 Å². The second kappa shape index (κ2) is 8.89. The summed E-state index contributed by atoms with van der Waals surface area (Å²) < 4.78 is 31.8. The Labute approximate surface area is 177 Å². The summed E-state index contributed by atoms with van der Waals surface area (Å²) in [5.74, 6) is 0.856. The first-order valence-electron chi connectivity index (χ1n) is 10.2. The normalized spacial score (nSPS) is 16.2. The van der Waals surface area contributed by atoms with Crippen LogP contribution in [0.1, 0.15) is 36.1 Å². The fourth-order valence-corrected chi connectivity index (χ4v) is 5.01. The molecule has 166 valence electrons. The van der Waals surface area contributed by atoms with Crippen molar-refractivity contribution in [1.82, 2.24) is 24.4 Å². The number of ether oxygens (including phenoxy) is 1. The number of nitrogens with one attached hydrogen (secondary N) is 1. The maximum absolute atomic E-state index is 12.4. The molecule has 0 aliphatic carbocycles. The monoisotopic (exact) mass is 437 g/mol. The predicted octanol–water partition coefficient (Wildman–Crippen LogP) is 1.31. The topological polar surface area (TPSA) is 106 Å². The molecule has 0 atom stereocenters. The van der Waals surface area contributed by atoms with Gasteiger partial charge in [-0.2, -0.15) is 0 Å². The molecular formula is C20H31N5O4S. The van der Waals surface area contributed by atoms with Crippen molar-refractivity contribution in [2.45, 2.75) is 39.5 Å². The number of amides is 1. The van der Waals surface area contributed by atoms with E-state index >= 15 is 0 Å². The second-order valence-electron chi connectivity index (χ2n) is 8.04. The average Bonchev–Trinajstić information content (AvgIpc) is 3.01. The zero-order chi connectivity index (χ0) is 22.1. The second-order valence-corrected chi connectivity index (χ2v) is 10.0. The number of fused-ring (bicyclic) bond motifs is 1. The number of carbonyl (C=O) groups is 1. The molecule has 0 bridgehead atoms. The number of rotatable bonds is 7. The number of aromatic nitrogens is 3. The van der Waals surface area contributed by atoms with E-state index < -0.39 is 10.0 Å². The van der Waals surface area contributed by atoms with E-state index in [4.69, 9.17) is 4.74 Å². The van der Waals surface area contributed by atoms with Crippen LogP contribution in [0.2, 0.25) is 0 Å². The molecule has 0 aromatic carbocycles. The summed E-state index contributed by atoms with van der Waals surface area (Å²) in [5, 5.41) is 8.26. The van der Waals surface area contributed by atoms with E-state index in [1.54, 1.807) is 11.8 Å². The van der Waals surface area contributed by atoms with Crippen molar-refractivity contribution in [3.63, 3.8) is 0 Å². The van der Waals surface area contributed by atoms with Crippen LogP contribution in [-0.4, -0.2) is 66.4 Å². The highest BCUT2D eigenvalue weighted by atomic mass is 32.2. The highest BCUT2D eigenvalue weighted by molar-refractivity contribution is 7.88. The van der Waals surface area contributed by atoms with Crippen LogP contribution in [0.15, 0.2) is 0 Å². The Morgan fingerprint density at radius 3 is 2.53 bits per heavy atom. The number of piperidine rings is 1. The molecule has 1 aliphatic rings. The molecule has 1 saturated heterocycles. The van der Waals surface area contributed by atoms with Crippen molar-refractivity contribution in [2.24, 2.45) is 13.0 Å². The molecule has 0 unspecified atom stereocenters. The summed E-state index contributed by atoms with van der Waals surface area (Å²) in [7, 11) is 0.307. The first kappa shape index (κ1) is 22.5. The van der Waals surface area contributed by atoms with Gasteiger partial charge in [-0.3, -0.25) is 4.79 Å². The average molecular weight is 438 g/mol. The van der Waals surface area contributed by atoms with E-state index in [-0.39, 0.29) is 5.91 Å². The smallest absolute Gasteiger partial charge is 0.242 e. The minimum atomic E-state index is -3.12. The van der Waals surface area contributed by atoms with Crippen LogP contribution in [0.4, 0.5) is 0 Å². The molecule has 9 nitrogen and oxygen atoms in total. The minimum absolute atomic E-state index is 0.00223. The number of hydrogen-bond acceptors (Lipinski definition) is 6. The molecule has 10 heteroatoms. The molecule has 2 aromatic heterocycles. The van der Waals surface area contributed by atoms with Gasteiger partial charge in [-0.1, -0.05) is 0 Å². The molecular weight excluding hydrogens is 406 g/mol. The number of nitrogens with zero attached hydrogens (tertiary/aromatic N) is 4. The van der Waals surface area contributed by atoms with Gasteiger partial charge in [-0.05, 0) is 50.2 Å². The third-order valence-corrected chi connectivity index (χ3v) is 7.25. The SMILES string of the molecule is COc1nn(C)c2nc(C)c(CCC(=O)NCC3CCN(S(C)(=O)=O)CC3)c(C)c12. The van der Waals surface area contributed by atoms with Crippen LogP contribution in [0.3, 0.4) is 0 Å². The van der Waals surface area contributed by atoms with Gasteiger partial charge in [0.2, 0.25) is 21.8 Å². The van der Waals surface area contributed by atoms with Crippen LogP contribution in [0.25, 0.3) is 11.0 Å². The summed E-state index contributed by atoms with van der Waals surface area (Å²) in [4.78, 5) is 17.1. The summed E-state index contributed by atoms with van der Waals surface area (Å²) in [6.45, 7) is 5.60. The van der Waals surface area contributed by atoms with E-state index in [0.717, 1.165) is 40.7 Å². The van der Waals surface area contributed by atoms with E-state index in [9.17, 15) is 13.2 Å². The first-order valence-corrected chi connectivity index (χ1v) is 12.0. The fraction of sp³-hybridized carbons (Fsp3) is 0.650. The molecule has 1 aliphatic heterocycles. The lowest BCUT2D eigenvalue weighted by Gasteiger charge is -2.30. The Morgan fingerprint density at radius 1 is 1.27 bits per heavy atom. The van der Waals surface area contributed by atoms with Gasteiger partial charge in [0.05, 0.1) is 18.8 Å². The Hall–Kier alpha value is -2.20. The van der Waals surface area contributed by atoms with Gasteiger partial charge in [0.15, 0.2) is 5.65 Å². The molecule has 1 amide bonds. The third-order valence-electron chi connectivity index (χ3n) is 5.95. The van der Waals surface area contributed by atoms with Crippen molar-refractivity contribution in [2.75, 3.05) is 33.0 Å². The molecule has 30 heavy (non-hydrogen) atoms. The van der Waals surface area contributed by atoms with Crippen LogP contribution < -0.4 is 10.1 Å². The third kappa shape index (κ3) is 4.75. The first-order chi connectivity index (χ1) is 14.1. The number of aryl methyl sites for hydroxylation is 3. The van der Waals surface area contributed by atoms with Crippen LogP contribution in [0.5, 0.6) is 5.88 Å². The van der Waals surface area contributed by atoms with E-state index in [1.807, 2.05) is 20.9 Å². The van der Waals surface area contributed by atoms with E-state index in [2.05, 4.69) is 15.4 Å². The van der Waals surface area contributed by atoms with Gasteiger partial charge < -0.3 is 10.1 Å². The number of sulfonamides is 1. The largest absolute Gasteiger partial charge is 0.479 e. The van der Waals surface area contributed by atoms with Crippen LogP contribution in [-0.2, 0) is 28.3 Å². The van der Waals surface area contributed by atoms with Gasteiger partial charge in [-0.25, -0.2) is 22.4 Å². The lowest BCUT2D eigenvalue weighted by Crippen LogP contribution is -2.41. The Bertz CT molecular complexity index is 1040. The highest BCUT2D eigenvalue weighted by Crippen LogP contribution is 2.30. The van der Waals surface area contributed by atoms with Crippen molar-refractivity contribution in [3.8, 4) is 5.88 Å². The summed E-state index contributed by atoms with van der Waals surface area (Å²) in [5.41, 5.74) is 3.76. The van der Waals surface area contributed by atoms with Gasteiger partial charge in [0, 0.05) is 38.8 Å². The summed E-state index contributed by atoms with van der Waals surface area (Å²) in [6, 6.07) is 0. The zero-order valence-corrected chi connectivity index (χ0v) is 19.2.